The number of carbonyl (C=O) groups is 3. The standard InChI is InChI=1S/C22H26N2O4/c1-15-8-10-18(11-9-15)20(23-16(2)25)14-21(26)24-19(12-13-22(27)28)17-6-4-3-5-7-17/h3-11,19-20H,12-14H2,1-2H3,(H,23,25)(H,24,26)(H,27,28). The van der Waals surface area contributed by atoms with Gasteiger partial charge < -0.3 is 15.7 Å². The van der Waals surface area contributed by atoms with Crippen LogP contribution in [-0.2, 0) is 14.4 Å². The minimum absolute atomic E-state index is 0.0487. The Kier molecular flexibility index (Phi) is 7.75. The number of aliphatic carboxylic acids is 1. The third kappa shape index (κ3) is 6.87. The van der Waals surface area contributed by atoms with Crippen LogP contribution in [0.2, 0.25) is 0 Å². The number of carbonyl (C=O) groups excluding carboxylic acids is 2. The molecule has 2 amide bonds. The van der Waals surface area contributed by atoms with Crippen molar-refractivity contribution in [3.8, 4) is 0 Å². The van der Waals surface area contributed by atoms with Gasteiger partial charge in [-0.25, -0.2) is 0 Å². The van der Waals surface area contributed by atoms with Gasteiger partial charge in [0.05, 0.1) is 18.5 Å². The van der Waals surface area contributed by atoms with Crippen LogP contribution in [0.1, 0.15) is 55.0 Å². The molecule has 2 aromatic rings. The Morgan fingerprint density at radius 1 is 0.893 bits per heavy atom. The number of aryl methyl sites for hydroxylation is 1. The molecule has 0 aliphatic rings. The maximum Gasteiger partial charge on any atom is 0.303 e. The second-order valence-corrected chi connectivity index (χ2v) is 6.83. The maximum atomic E-state index is 12.7. The van der Waals surface area contributed by atoms with Gasteiger partial charge in [0, 0.05) is 13.3 Å². The fraction of sp³-hybridized carbons (Fsp3) is 0.318. The van der Waals surface area contributed by atoms with Gasteiger partial charge in [-0.3, -0.25) is 14.4 Å². The molecule has 2 unspecified atom stereocenters. The number of hydrogen-bond donors (Lipinski definition) is 3. The summed E-state index contributed by atoms with van der Waals surface area (Å²) in [6.45, 7) is 3.38. The minimum atomic E-state index is -0.911. The van der Waals surface area contributed by atoms with Crippen LogP contribution in [0.25, 0.3) is 0 Å². The smallest absolute Gasteiger partial charge is 0.303 e. The first-order valence-corrected chi connectivity index (χ1v) is 9.25. The van der Waals surface area contributed by atoms with Gasteiger partial charge in [0.25, 0.3) is 0 Å². The summed E-state index contributed by atoms with van der Waals surface area (Å²) in [6.07, 6.45) is 0.312. The van der Waals surface area contributed by atoms with E-state index in [1.54, 1.807) is 0 Å². The number of carboxylic acid groups (broad SMARTS) is 1. The van der Waals surface area contributed by atoms with Crippen molar-refractivity contribution in [3.63, 3.8) is 0 Å². The highest BCUT2D eigenvalue weighted by atomic mass is 16.4. The molecule has 0 aromatic heterocycles. The van der Waals surface area contributed by atoms with Gasteiger partial charge in [0.1, 0.15) is 0 Å². The van der Waals surface area contributed by atoms with Crippen molar-refractivity contribution in [2.75, 3.05) is 0 Å². The topological polar surface area (TPSA) is 95.5 Å². The lowest BCUT2D eigenvalue weighted by Gasteiger charge is -2.22. The quantitative estimate of drug-likeness (QED) is 0.620. The molecule has 28 heavy (non-hydrogen) atoms. The van der Waals surface area contributed by atoms with Crippen molar-refractivity contribution >= 4 is 17.8 Å². The molecule has 0 saturated carbocycles. The van der Waals surface area contributed by atoms with Crippen molar-refractivity contribution in [1.82, 2.24) is 10.6 Å². The third-order valence-electron chi connectivity index (χ3n) is 4.43. The number of amides is 2. The first-order valence-electron chi connectivity index (χ1n) is 9.25. The normalized spacial score (nSPS) is 12.6. The number of benzene rings is 2. The van der Waals surface area contributed by atoms with Gasteiger partial charge in [0.2, 0.25) is 11.8 Å². The van der Waals surface area contributed by atoms with Gasteiger partial charge in [-0.2, -0.15) is 0 Å². The van der Waals surface area contributed by atoms with E-state index in [9.17, 15) is 14.4 Å². The number of nitrogens with one attached hydrogen (secondary N) is 2. The summed E-state index contributed by atoms with van der Waals surface area (Å²) >= 11 is 0. The zero-order chi connectivity index (χ0) is 20.5. The van der Waals surface area contributed by atoms with Crippen LogP contribution in [0, 0.1) is 6.92 Å². The van der Waals surface area contributed by atoms with E-state index in [0.29, 0.717) is 6.42 Å². The predicted molar refractivity (Wildman–Crippen MR) is 107 cm³/mol. The second kappa shape index (κ2) is 10.3. The lowest BCUT2D eigenvalue weighted by Crippen LogP contribution is -2.34. The Balaban J connectivity index is 2.12. The number of rotatable bonds is 9. The predicted octanol–water partition coefficient (Wildman–Crippen LogP) is 3.28. The van der Waals surface area contributed by atoms with Gasteiger partial charge in [0.15, 0.2) is 0 Å². The van der Waals surface area contributed by atoms with Crippen molar-refractivity contribution in [1.29, 1.82) is 0 Å². The second-order valence-electron chi connectivity index (χ2n) is 6.83. The average molecular weight is 382 g/mol. The summed E-state index contributed by atoms with van der Waals surface area (Å²) in [5.41, 5.74) is 2.79. The Morgan fingerprint density at radius 2 is 1.50 bits per heavy atom. The molecule has 0 bridgehead atoms. The molecular formula is C22H26N2O4. The van der Waals surface area contributed by atoms with E-state index in [1.165, 1.54) is 6.92 Å². The van der Waals surface area contributed by atoms with Crippen LogP contribution in [-0.4, -0.2) is 22.9 Å². The SMILES string of the molecule is CC(=O)NC(CC(=O)NC(CCC(=O)O)c1ccccc1)c1ccc(C)cc1. The third-order valence-corrected chi connectivity index (χ3v) is 4.43. The highest BCUT2D eigenvalue weighted by Crippen LogP contribution is 2.21. The van der Waals surface area contributed by atoms with E-state index in [4.69, 9.17) is 5.11 Å². The van der Waals surface area contributed by atoms with Crippen LogP contribution < -0.4 is 10.6 Å². The number of carboxylic acids is 1. The van der Waals surface area contributed by atoms with Gasteiger partial charge >= 0.3 is 5.97 Å². The average Bonchev–Trinajstić information content (AvgIpc) is 2.65. The Morgan fingerprint density at radius 3 is 2.07 bits per heavy atom. The molecule has 6 nitrogen and oxygen atoms in total. The van der Waals surface area contributed by atoms with Crippen molar-refractivity contribution in [2.24, 2.45) is 0 Å². The molecule has 3 N–H and O–H groups in total. The van der Waals surface area contributed by atoms with Crippen LogP contribution in [0.3, 0.4) is 0 Å². The Hall–Kier alpha value is -3.15. The van der Waals surface area contributed by atoms with E-state index < -0.39 is 18.1 Å². The molecule has 0 radical (unpaired) electrons. The molecule has 2 rings (SSSR count). The molecule has 0 saturated heterocycles. The molecule has 148 valence electrons. The lowest BCUT2D eigenvalue weighted by atomic mass is 9.99. The minimum Gasteiger partial charge on any atom is -0.481 e. The highest BCUT2D eigenvalue weighted by Gasteiger charge is 2.21. The van der Waals surface area contributed by atoms with E-state index >= 15 is 0 Å². The summed E-state index contributed by atoms with van der Waals surface area (Å²) in [5, 5.41) is 14.7. The van der Waals surface area contributed by atoms with E-state index in [1.807, 2.05) is 61.5 Å². The summed E-state index contributed by atoms with van der Waals surface area (Å²) in [6, 6.07) is 16.1. The van der Waals surface area contributed by atoms with Crippen LogP contribution >= 0.6 is 0 Å². The van der Waals surface area contributed by atoms with Gasteiger partial charge in [-0.1, -0.05) is 60.2 Å². The van der Waals surface area contributed by atoms with Crippen LogP contribution in [0.4, 0.5) is 0 Å². The molecule has 0 fully saturated rings. The first-order chi connectivity index (χ1) is 13.3. The van der Waals surface area contributed by atoms with Crippen molar-refractivity contribution < 1.29 is 19.5 Å². The molecule has 0 spiro atoms. The molecule has 2 atom stereocenters. The molecule has 0 aliphatic carbocycles. The fourth-order valence-corrected chi connectivity index (χ4v) is 3.01. The number of hydrogen-bond acceptors (Lipinski definition) is 3. The summed E-state index contributed by atoms with van der Waals surface area (Å²) in [4.78, 5) is 35.3. The Bertz CT molecular complexity index is 803. The maximum absolute atomic E-state index is 12.7. The Labute approximate surface area is 165 Å². The van der Waals surface area contributed by atoms with E-state index in [2.05, 4.69) is 10.6 Å². The first kappa shape index (κ1) is 21.2. The molecule has 2 aromatic carbocycles. The van der Waals surface area contributed by atoms with Crippen molar-refractivity contribution in [2.45, 2.75) is 45.2 Å². The monoisotopic (exact) mass is 382 g/mol. The summed E-state index contributed by atoms with van der Waals surface area (Å²) in [5.74, 6) is -1.38. The van der Waals surface area contributed by atoms with Gasteiger partial charge in [-0.05, 0) is 24.5 Å². The largest absolute Gasteiger partial charge is 0.481 e. The molecule has 0 aliphatic heterocycles. The van der Waals surface area contributed by atoms with Crippen LogP contribution in [0.15, 0.2) is 54.6 Å². The zero-order valence-corrected chi connectivity index (χ0v) is 16.1. The lowest BCUT2D eigenvalue weighted by molar-refractivity contribution is -0.137. The van der Waals surface area contributed by atoms with Crippen LogP contribution in [0.5, 0.6) is 0 Å². The van der Waals surface area contributed by atoms with E-state index in [0.717, 1.165) is 16.7 Å². The summed E-state index contributed by atoms with van der Waals surface area (Å²) < 4.78 is 0. The molecular weight excluding hydrogens is 356 g/mol. The summed E-state index contributed by atoms with van der Waals surface area (Å²) in [7, 11) is 0. The molecule has 6 heteroatoms. The molecule has 0 heterocycles. The van der Waals surface area contributed by atoms with Crippen molar-refractivity contribution in [3.05, 3.63) is 71.3 Å². The van der Waals surface area contributed by atoms with E-state index in [-0.39, 0.29) is 24.7 Å². The zero-order valence-electron chi connectivity index (χ0n) is 16.1. The fourth-order valence-electron chi connectivity index (χ4n) is 3.01. The highest BCUT2D eigenvalue weighted by molar-refractivity contribution is 5.79. The van der Waals surface area contributed by atoms with Gasteiger partial charge in [-0.15, -0.1) is 0 Å².